The normalized spacial score (nSPS) is 26.6. The Morgan fingerprint density at radius 2 is 1.14 bits per heavy atom. The van der Waals surface area contributed by atoms with Crippen LogP contribution in [0.15, 0.2) is 12.2 Å². The third-order valence-electron chi connectivity index (χ3n) is 10.2. The first-order valence-corrected chi connectivity index (χ1v) is 21.2. The second-order valence-electron chi connectivity index (χ2n) is 13.5. The van der Waals surface area contributed by atoms with Gasteiger partial charge in [0.15, 0.2) is 0 Å². The summed E-state index contributed by atoms with van der Waals surface area (Å²) in [5.41, 5.74) is 1.22. The van der Waals surface area contributed by atoms with Crippen LogP contribution in [-0.2, 0) is 0 Å². The van der Waals surface area contributed by atoms with Crippen molar-refractivity contribution in [2.24, 2.45) is 17.8 Å². The first-order chi connectivity index (χ1) is 17.7. The number of rotatable bonds is 21. The summed E-state index contributed by atoms with van der Waals surface area (Å²) in [6.45, 7) is 7.41. The van der Waals surface area contributed by atoms with Crippen LogP contribution in [0.3, 0.4) is 0 Å². The molecule has 0 saturated heterocycles. The van der Waals surface area contributed by atoms with Crippen molar-refractivity contribution >= 4 is 19.0 Å². The number of hydrogen-bond acceptors (Lipinski definition) is 0. The van der Waals surface area contributed by atoms with Crippen LogP contribution in [0, 0.1) is 17.8 Å². The summed E-state index contributed by atoms with van der Waals surface area (Å²) in [6.07, 6.45) is 41.1. The van der Waals surface area contributed by atoms with Gasteiger partial charge in [-0.05, 0) is 56.3 Å². The van der Waals surface area contributed by atoms with Gasteiger partial charge in [-0.1, -0.05) is 159 Å². The van der Waals surface area contributed by atoms with E-state index in [2.05, 4.69) is 32.5 Å². The van der Waals surface area contributed by atoms with Gasteiger partial charge < -0.3 is 0 Å². The fraction of sp³-hybridized carbons (Fsp3) is 0.941. The Morgan fingerprint density at radius 3 is 1.69 bits per heavy atom. The molecule has 0 aromatic carbocycles. The Balaban J connectivity index is 1.36. The molecule has 0 spiro atoms. The van der Waals surface area contributed by atoms with Gasteiger partial charge in [-0.2, -0.15) is 0 Å². The molecule has 0 aromatic heterocycles. The molecule has 2 rings (SSSR count). The lowest BCUT2D eigenvalue weighted by atomic mass is 9.79. The maximum absolute atomic E-state index is 2.63. The molecule has 2 aliphatic carbocycles. The van der Waals surface area contributed by atoms with Crippen LogP contribution in [-0.4, -0.2) is 19.0 Å². The first-order valence-electron chi connectivity index (χ1n) is 17.4. The molecule has 0 nitrogen and oxygen atoms in total. The molecule has 0 aliphatic heterocycles. The molecule has 0 N–H and O–H groups in total. The molecule has 2 aliphatic rings. The van der Waals surface area contributed by atoms with Gasteiger partial charge >= 0.3 is 0 Å². The highest BCUT2D eigenvalue weighted by Crippen LogP contribution is 2.36. The first kappa shape index (κ1) is 32.4. The zero-order chi connectivity index (χ0) is 25.7. The summed E-state index contributed by atoms with van der Waals surface area (Å²) in [5, 5.41) is 1.22. The van der Waals surface area contributed by atoms with E-state index in [-0.39, 0.29) is 19.0 Å². The van der Waals surface area contributed by atoms with Gasteiger partial charge in [-0.3, -0.25) is 0 Å². The van der Waals surface area contributed by atoms with Crippen LogP contribution >= 0.6 is 0 Å². The van der Waals surface area contributed by atoms with E-state index in [0.717, 1.165) is 17.8 Å². The predicted octanol–water partition coefficient (Wildman–Crippen LogP) is 10.7. The average molecular weight is 533 g/mol. The fourth-order valence-corrected chi connectivity index (χ4v) is 12.1. The van der Waals surface area contributed by atoms with Crippen LogP contribution in [0.1, 0.15) is 168 Å². The predicted molar refractivity (Wildman–Crippen MR) is 172 cm³/mol. The Hall–Kier alpha value is 0.174. The molecule has 1 atom stereocenters. The van der Waals surface area contributed by atoms with Gasteiger partial charge in [-0.15, -0.1) is 0 Å². The highest BCUT2D eigenvalue weighted by atomic mass is 28.3. The Kier molecular flexibility index (Phi) is 19.8. The minimum absolute atomic E-state index is 0.257. The topological polar surface area (TPSA) is 0 Å². The molecule has 36 heavy (non-hydrogen) atoms. The van der Waals surface area contributed by atoms with E-state index in [4.69, 9.17) is 0 Å². The minimum atomic E-state index is 0.257. The highest BCUT2D eigenvalue weighted by molar-refractivity contribution is 6.58. The molecular weight excluding hydrogens is 465 g/mol. The van der Waals surface area contributed by atoms with Crippen molar-refractivity contribution in [2.75, 3.05) is 0 Å². The van der Waals surface area contributed by atoms with Crippen molar-refractivity contribution in [3.05, 3.63) is 12.2 Å². The number of unbranched alkanes of at least 4 members (excludes halogenated alkanes) is 12. The Morgan fingerprint density at radius 1 is 0.639 bits per heavy atom. The van der Waals surface area contributed by atoms with Gasteiger partial charge in [0.2, 0.25) is 0 Å². The van der Waals surface area contributed by atoms with E-state index < -0.39 is 0 Å². The summed E-state index contributed by atoms with van der Waals surface area (Å²) < 4.78 is 0. The lowest BCUT2D eigenvalue weighted by Gasteiger charge is -2.29. The lowest BCUT2D eigenvalue weighted by molar-refractivity contribution is 0.288. The van der Waals surface area contributed by atoms with Crippen LogP contribution in [0.5, 0.6) is 0 Å². The Labute approximate surface area is 233 Å². The smallest absolute Gasteiger partial charge is 0.0228 e. The largest absolute Gasteiger partial charge is 0.0882 e. The van der Waals surface area contributed by atoms with Crippen molar-refractivity contribution in [2.45, 2.75) is 185 Å². The molecule has 1 unspecified atom stereocenters. The molecule has 2 heteroatoms. The molecule has 0 radical (unpaired) electrons. The number of hydrogen-bond donors (Lipinski definition) is 0. The van der Waals surface area contributed by atoms with E-state index in [1.807, 2.05) is 0 Å². The molecule has 2 fully saturated rings. The van der Waals surface area contributed by atoms with Gasteiger partial charge in [-0.25, -0.2) is 0 Å². The van der Waals surface area contributed by atoms with Crippen molar-refractivity contribution < 1.29 is 0 Å². The van der Waals surface area contributed by atoms with E-state index in [9.17, 15) is 0 Å². The summed E-state index contributed by atoms with van der Waals surface area (Å²) in [4.78, 5) is 0. The van der Waals surface area contributed by atoms with Gasteiger partial charge in [0.25, 0.3) is 0 Å². The highest BCUT2D eigenvalue weighted by Gasteiger charge is 2.22. The quantitative estimate of drug-likeness (QED) is 0.0783. The van der Waals surface area contributed by atoms with Crippen LogP contribution in [0.2, 0.25) is 17.3 Å². The zero-order valence-electron chi connectivity index (χ0n) is 25.4. The van der Waals surface area contributed by atoms with E-state index in [0.29, 0.717) is 0 Å². The standard InChI is InChI=1S/C34H68Si2/c1-4-5-6-7-8-9-10-11-12-13-14-15-16-19-31-22-24-32(25-23-31)20-17-18-21-33-26-28-34(29-27-33)36-30(2)35-3/h17,20,30-34H,4-16,18-19,21-29,35-36H2,1-3H3/b20-17+. The summed E-state index contributed by atoms with van der Waals surface area (Å²) in [7, 11) is 0.545. The van der Waals surface area contributed by atoms with Gasteiger partial charge in [0, 0.05) is 19.0 Å². The second-order valence-corrected chi connectivity index (χ2v) is 19.8. The van der Waals surface area contributed by atoms with E-state index in [1.165, 1.54) is 139 Å². The van der Waals surface area contributed by atoms with Crippen LogP contribution in [0.25, 0.3) is 0 Å². The fourth-order valence-electron chi connectivity index (χ4n) is 7.23. The molecule has 0 amide bonds. The van der Waals surface area contributed by atoms with Crippen LogP contribution in [0.4, 0.5) is 0 Å². The second kappa shape index (κ2) is 22.0. The van der Waals surface area contributed by atoms with Gasteiger partial charge in [0.1, 0.15) is 0 Å². The van der Waals surface area contributed by atoms with Crippen LogP contribution < -0.4 is 0 Å². The summed E-state index contributed by atoms with van der Waals surface area (Å²) >= 11 is 0. The molecule has 0 bridgehead atoms. The summed E-state index contributed by atoms with van der Waals surface area (Å²) in [5.74, 6) is 3.03. The SMILES string of the molecule is CCCCCCCCCCCCCCCC1CCC(/C=C/CCC2CCC([SiH2]C(C)[SiH2]C)CC2)CC1. The molecule has 0 aromatic rings. The van der Waals surface area contributed by atoms with Crippen molar-refractivity contribution in [1.82, 2.24) is 0 Å². The van der Waals surface area contributed by atoms with Crippen molar-refractivity contribution in [3.63, 3.8) is 0 Å². The van der Waals surface area contributed by atoms with Gasteiger partial charge in [0.05, 0.1) is 0 Å². The van der Waals surface area contributed by atoms with E-state index >= 15 is 0 Å². The van der Waals surface area contributed by atoms with Crippen molar-refractivity contribution in [1.29, 1.82) is 0 Å². The zero-order valence-corrected chi connectivity index (χ0v) is 28.3. The molecule has 212 valence electrons. The third-order valence-corrected chi connectivity index (χ3v) is 16.6. The number of allylic oxidation sites excluding steroid dienone is 2. The maximum atomic E-state index is 2.63. The third kappa shape index (κ3) is 16.2. The molecular formula is C34H68Si2. The molecule has 2 saturated carbocycles. The average Bonchev–Trinajstić information content (AvgIpc) is 2.91. The summed E-state index contributed by atoms with van der Waals surface area (Å²) in [6, 6.07) is 0. The minimum Gasteiger partial charge on any atom is -0.0882 e. The molecule has 0 heterocycles. The Bertz CT molecular complexity index is 499. The maximum Gasteiger partial charge on any atom is 0.0228 e. The van der Waals surface area contributed by atoms with E-state index in [1.54, 1.807) is 25.7 Å². The monoisotopic (exact) mass is 532 g/mol. The van der Waals surface area contributed by atoms with Crippen molar-refractivity contribution in [3.8, 4) is 0 Å². The lowest BCUT2D eigenvalue weighted by Crippen LogP contribution is -2.19.